The van der Waals surface area contributed by atoms with E-state index in [0.29, 0.717) is 18.4 Å². The van der Waals surface area contributed by atoms with Crippen molar-refractivity contribution in [1.29, 1.82) is 0 Å². The fourth-order valence-corrected chi connectivity index (χ4v) is 1.91. The van der Waals surface area contributed by atoms with E-state index in [9.17, 15) is 0 Å². The number of anilines is 1. The summed E-state index contributed by atoms with van der Waals surface area (Å²) in [6.45, 7) is 4.43. The molecule has 6 nitrogen and oxygen atoms in total. The Balaban J connectivity index is 1.96. The van der Waals surface area contributed by atoms with Crippen LogP contribution in [0, 0.1) is 0 Å². The first-order chi connectivity index (χ1) is 8.83. The van der Waals surface area contributed by atoms with Crippen LogP contribution < -0.4 is 15.4 Å². The van der Waals surface area contributed by atoms with Gasteiger partial charge in [-0.1, -0.05) is 6.92 Å². The molecular weight excluding hydrogens is 232 g/mol. The van der Waals surface area contributed by atoms with Crippen LogP contribution in [0.1, 0.15) is 13.3 Å². The van der Waals surface area contributed by atoms with E-state index in [1.54, 1.807) is 19.4 Å². The van der Waals surface area contributed by atoms with E-state index in [-0.39, 0.29) is 12.1 Å². The summed E-state index contributed by atoms with van der Waals surface area (Å²) in [5, 5.41) is 6.54. The van der Waals surface area contributed by atoms with Crippen molar-refractivity contribution in [2.24, 2.45) is 0 Å². The number of nitrogens with one attached hydrogen (secondary N) is 2. The normalized spacial score (nSPS) is 23.0. The van der Waals surface area contributed by atoms with E-state index in [2.05, 4.69) is 27.5 Å². The number of ether oxygens (including phenoxy) is 2. The van der Waals surface area contributed by atoms with Gasteiger partial charge in [-0.05, 0) is 6.42 Å². The lowest BCUT2D eigenvalue weighted by molar-refractivity contribution is 0.111. The molecule has 0 amide bonds. The molecular formula is C12H20N4O2. The average Bonchev–Trinajstić information content (AvgIpc) is 2.84. The Morgan fingerprint density at radius 2 is 2.39 bits per heavy atom. The molecule has 0 aromatic carbocycles. The minimum Gasteiger partial charge on any atom is -0.478 e. The van der Waals surface area contributed by atoms with Crippen molar-refractivity contribution >= 4 is 5.95 Å². The third-order valence-electron chi connectivity index (χ3n) is 2.86. The van der Waals surface area contributed by atoms with Crippen LogP contribution in [0.4, 0.5) is 5.95 Å². The fourth-order valence-electron chi connectivity index (χ4n) is 1.91. The third kappa shape index (κ3) is 3.30. The van der Waals surface area contributed by atoms with Crippen molar-refractivity contribution in [3.05, 3.63) is 12.3 Å². The Labute approximate surface area is 107 Å². The second kappa shape index (κ2) is 6.51. The molecule has 2 rings (SSSR count). The highest BCUT2D eigenvalue weighted by molar-refractivity contribution is 5.30. The smallest absolute Gasteiger partial charge is 0.226 e. The number of nitrogens with zero attached hydrogens (tertiary/aromatic N) is 2. The molecule has 0 radical (unpaired) electrons. The summed E-state index contributed by atoms with van der Waals surface area (Å²) < 4.78 is 10.9. The maximum absolute atomic E-state index is 5.48. The van der Waals surface area contributed by atoms with E-state index in [0.717, 1.165) is 19.5 Å². The lowest BCUT2D eigenvalue weighted by Gasteiger charge is -2.18. The van der Waals surface area contributed by atoms with Crippen molar-refractivity contribution in [3.63, 3.8) is 0 Å². The van der Waals surface area contributed by atoms with Crippen LogP contribution in [0.2, 0.25) is 0 Å². The monoisotopic (exact) mass is 252 g/mol. The molecule has 1 fully saturated rings. The van der Waals surface area contributed by atoms with Crippen molar-refractivity contribution in [1.82, 2.24) is 15.3 Å². The van der Waals surface area contributed by atoms with Crippen molar-refractivity contribution in [2.45, 2.75) is 25.5 Å². The molecule has 18 heavy (non-hydrogen) atoms. The summed E-state index contributed by atoms with van der Waals surface area (Å²) in [6.07, 6.45) is 2.81. The number of aromatic nitrogens is 2. The zero-order chi connectivity index (χ0) is 12.8. The average molecular weight is 252 g/mol. The van der Waals surface area contributed by atoms with Gasteiger partial charge in [-0.25, -0.2) is 4.98 Å². The highest BCUT2D eigenvalue weighted by atomic mass is 16.5. The van der Waals surface area contributed by atoms with Crippen LogP contribution in [0.5, 0.6) is 5.88 Å². The summed E-state index contributed by atoms with van der Waals surface area (Å²) in [5.41, 5.74) is 0. The second-order valence-corrected chi connectivity index (χ2v) is 4.25. The maximum atomic E-state index is 5.48. The van der Waals surface area contributed by atoms with Gasteiger partial charge in [-0.2, -0.15) is 4.98 Å². The Morgan fingerprint density at radius 3 is 3.17 bits per heavy atom. The van der Waals surface area contributed by atoms with Gasteiger partial charge in [0, 0.05) is 32.5 Å². The Kier molecular flexibility index (Phi) is 4.72. The van der Waals surface area contributed by atoms with Crippen LogP contribution >= 0.6 is 0 Å². The molecule has 0 aliphatic carbocycles. The number of hydrogen-bond acceptors (Lipinski definition) is 6. The Hall–Kier alpha value is -1.40. The largest absolute Gasteiger partial charge is 0.478 e. The van der Waals surface area contributed by atoms with E-state index in [1.165, 1.54) is 0 Å². The molecule has 0 saturated carbocycles. The topological polar surface area (TPSA) is 68.3 Å². The molecule has 2 N–H and O–H groups in total. The maximum Gasteiger partial charge on any atom is 0.226 e. The molecule has 1 saturated heterocycles. The summed E-state index contributed by atoms with van der Waals surface area (Å²) in [6, 6.07) is 1.96. The molecule has 1 aromatic rings. The molecule has 1 aromatic heterocycles. The van der Waals surface area contributed by atoms with Gasteiger partial charge in [0.1, 0.15) is 0 Å². The van der Waals surface area contributed by atoms with Gasteiger partial charge in [0.15, 0.2) is 0 Å². The standard InChI is InChI=1S/C12H20N4O2/c1-3-6-18-11-4-5-14-12(16-11)15-9-7-13-8-10(9)17-2/h4-5,9-10,13H,3,6-8H2,1-2H3,(H,14,15,16)/t9?,10-/m0/s1. The van der Waals surface area contributed by atoms with Crippen LogP contribution in [0.25, 0.3) is 0 Å². The predicted octanol–water partition coefficient (Wildman–Crippen LogP) is 0.664. The van der Waals surface area contributed by atoms with E-state index < -0.39 is 0 Å². The van der Waals surface area contributed by atoms with Crippen molar-refractivity contribution in [3.8, 4) is 5.88 Å². The quantitative estimate of drug-likeness (QED) is 0.775. The number of methoxy groups -OCH3 is 1. The fraction of sp³-hybridized carbons (Fsp3) is 0.667. The highest BCUT2D eigenvalue weighted by Crippen LogP contribution is 2.13. The van der Waals surface area contributed by atoms with Crippen LogP contribution in [0.3, 0.4) is 0 Å². The third-order valence-corrected chi connectivity index (χ3v) is 2.86. The Morgan fingerprint density at radius 1 is 1.50 bits per heavy atom. The van der Waals surface area contributed by atoms with Crippen molar-refractivity contribution < 1.29 is 9.47 Å². The van der Waals surface area contributed by atoms with Gasteiger partial charge in [-0.3, -0.25) is 0 Å². The molecule has 0 bridgehead atoms. The lowest BCUT2D eigenvalue weighted by Crippen LogP contribution is -2.34. The second-order valence-electron chi connectivity index (χ2n) is 4.25. The molecule has 1 unspecified atom stereocenters. The summed E-state index contributed by atoms with van der Waals surface area (Å²) in [4.78, 5) is 8.51. The molecule has 0 spiro atoms. The van der Waals surface area contributed by atoms with E-state index in [1.807, 2.05) is 0 Å². The predicted molar refractivity (Wildman–Crippen MR) is 68.9 cm³/mol. The molecule has 1 aliphatic heterocycles. The molecule has 6 heteroatoms. The molecule has 2 atom stereocenters. The molecule has 2 heterocycles. The molecule has 100 valence electrons. The lowest BCUT2D eigenvalue weighted by atomic mass is 10.2. The Bertz CT molecular complexity index is 375. The number of rotatable bonds is 6. The van der Waals surface area contributed by atoms with Crippen LogP contribution in [-0.4, -0.2) is 48.9 Å². The van der Waals surface area contributed by atoms with Gasteiger partial charge < -0.3 is 20.1 Å². The molecule has 1 aliphatic rings. The van der Waals surface area contributed by atoms with Crippen molar-refractivity contribution in [2.75, 3.05) is 32.1 Å². The van der Waals surface area contributed by atoms with Gasteiger partial charge in [0.2, 0.25) is 11.8 Å². The first kappa shape index (κ1) is 13.0. The number of hydrogen-bond donors (Lipinski definition) is 2. The summed E-state index contributed by atoms with van der Waals surface area (Å²) in [5.74, 6) is 1.19. The van der Waals surface area contributed by atoms with Crippen LogP contribution in [-0.2, 0) is 4.74 Å². The van der Waals surface area contributed by atoms with Gasteiger partial charge in [0.25, 0.3) is 0 Å². The first-order valence-electron chi connectivity index (χ1n) is 6.29. The van der Waals surface area contributed by atoms with E-state index >= 15 is 0 Å². The van der Waals surface area contributed by atoms with Gasteiger partial charge >= 0.3 is 0 Å². The summed E-state index contributed by atoms with van der Waals surface area (Å²) in [7, 11) is 1.72. The zero-order valence-corrected chi connectivity index (χ0v) is 10.8. The van der Waals surface area contributed by atoms with Crippen LogP contribution in [0.15, 0.2) is 12.3 Å². The zero-order valence-electron chi connectivity index (χ0n) is 10.8. The minimum absolute atomic E-state index is 0.147. The minimum atomic E-state index is 0.147. The van der Waals surface area contributed by atoms with Gasteiger partial charge in [-0.15, -0.1) is 0 Å². The van der Waals surface area contributed by atoms with E-state index in [4.69, 9.17) is 9.47 Å². The first-order valence-corrected chi connectivity index (χ1v) is 6.29. The highest BCUT2D eigenvalue weighted by Gasteiger charge is 2.27. The SMILES string of the molecule is CCCOc1ccnc(NC2CNC[C@@H]2OC)n1. The van der Waals surface area contributed by atoms with Gasteiger partial charge in [0.05, 0.1) is 18.8 Å². The summed E-state index contributed by atoms with van der Waals surface area (Å²) >= 11 is 0.